The maximum atomic E-state index is 13.3. The van der Waals surface area contributed by atoms with Gasteiger partial charge < -0.3 is 10.2 Å². The molecular weight excluding hydrogens is 463 g/mol. The van der Waals surface area contributed by atoms with E-state index in [0.29, 0.717) is 17.2 Å². The van der Waals surface area contributed by atoms with Crippen molar-refractivity contribution in [2.45, 2.75) is 77.7 Å². The Balaban J connectivity index is 1.56. The number of hydrogen-bond donors (Lipinski definition) is 1. The minimum atomic E-state index is -4.44. The van der Waals surface area contributed by atoms with Crippen LogP contribution in [0, 0.1) is 13.8 Å². The Labute approximate surface area is 211 Å². The van der Waals surface area contributed by atoms with E-state index >= 15 is 0 Å². The molecule has 0 radical (unpaired) electrons. The van der Waals surface area contributed by atoms with Gasteiger partial charge in [0, 0.05) is 47.2 Å². The summed E-state index contributed by atoms with van der Waals surface area (Å²) in [5.41, 5.74) is 2.93. The van der Waals surface area contributed by atoms with E-state index in [4.69, 9.17) is 0 Å². The van der Waals surface area contributed by atoms with Crippen LogP contribution in [0.15, 0.2) is 42.6 Å². The summed E-state index contributed by atoms with van der Waals surface area (Å²) in [7, 11) is 2.07. The van der Waals surface area contributed by atoms with E-state index in [0.717, 1.165) is 41.5 Å². The first-order chi connectivity index (χ1) is 16.7. The first kappa shape index (κ1) is 26.1. The largest absolute Gasteiger partial charge is 0.418 e. The van der Waals surface area contributed by atoms with Gasteiger partial charge in [0.15, 0.2) is 5.82 Å². The van der Waals surface area contributed by atoms with Crippen LogP contribution in [0.4, 0.5) is 19.0 Å². The normalized spacial score (nSPS) is 17.7. The second-order valence-corrected chi connectivity index (χ2v) is 11.2. The molecule has 1 aliphatic heterocycles. The molecule has 0 aliphatic carbocycles. The van der Waals surface area contributed by atoms with E-state index in [1.165, 1.54) is 13.1 Å². The molecule has 8 heteroatoms. The maximum absolute atomic E-state index is 13.3. The Morgan fingerprint density at radius 3 is 2.14 bits per heavy atom. The Kier molecular flexibility index (Phi) is 6.62. The Morgan fingerprint density at radius 2 is 1.58 bits per heavy atom. The number of aromatic nitrogens is 3. The van der Waals surface area contributed by atoms with Crippen molar-refractivity contribution in [1.29, 1.82) is 0 Å². The highest BCUT2D eigenvalue weighted by atomic mass is 19.4. The summed E-state index contributed by atoms with van der Waals surface area (Å²) >= 11 is 0. The standard InChI is InChI=1S/C28H34F3N5/c1-17-12-19(20-13-23(28(29,30)31)18(2)32-16-20)8-9-22(17)24-10-11-25(34-33-24)36(7)21-14-26(3,4)35-27(5,6)15-21/h8-13,16,21,35H,14-15H2,1-7H3. The molecule has 0 saturated carbocycles. The van der Waals surface area contributed by atoms with E-state index in [2.05, 4.69) is 60.1 Å². The highest BCUT2D eigenvalue weighted by Gasteiger charge is 2.39. The highest BCUT2D eigenvalue weighted by Crippen LogP contribution is 2.35. The van der Waals surface area contributed by atoms with Crippen molar-refractivity contribution in [2.24, 2.45) is 0 Å². The van der Waals surface area contributed by atoms with E-state index in [1.807, 2.05) is 31.2 Å². The SMILES string of the molecule is Cc1cc(-c2cnc(C)c(C(F)(F)F)c2)ccc1-c1ccc(N(C)C2CC(C)(C)NC(C)(C)C2)nn1. The number of nitrogens with zero attached hydrogens (tertiary/aromatic N) is 4. The predicted molar refractivity (Wildman–Crippen MR) is 138 cm³/mol. The van der Waals surface area contributed by atoms with Gasteiger partial charge in [0.05, 0.1) is 11.3 Å². The summed E-state index contributed by atoms with van der Waals surface area (Å²) in [6, 6.07) is 11.0. The van der Waals surface area contributed by atoms with E-state index in [1.54, 1.807) is 6.07 Å². The molecule has 36 heavy (non-hydrogen) atoms. The Morgan fingerprint density at radius 1 is 0.917 bits per heavy atom. The summed E-state index contributed by atoms with van der Waals surface area (Å²) in [6.45, 7) is 12.2. The number of benzene rings is 1. The van der Waals surface area contributed by atoms with Crippen LogP contribution in [0.3, 0.4) is 0 Å². The topological polar surface area (TPSA) is 53.9 Å². The van der Waals surface area contributed by atoms with Crippen molar-refractivity contribution in [1.82, 2.24) is 20.5 Å². The average molecular weight is 498 g/mol. The second-order valence-electron chi connectivity index (χ2n) is 11.2. The van der Waals surface area contributed by atoms with Gasteiger partial charge in [-0.05, 0) is 83.7 Å². The third-order valence-electron chi connectivity index (χ3n) is 6.96. The molecule has 1 aromatic carbocycles. The fourth-order valence-corrected chi connectivity index (χ4v) is 5.49. The van der Waals surface area contributed by atoms with E-state index in [9.17, 15) is 13.2 Å². The van der Waals surface area contributed by atoms with Crippen LogP contribution < -0.4 is 10.2 Å². The van der Waals surface area contributed by atoms with Crippen LogP contribution in [0.25, 0.3) is 22.4 Å². The molecule has 1 fully saturated rings. The summed E-state index contributed by atoms with van der Waals surface area (Å²) in [5.74, 6) is 0.817. The summed E-state index contributed by atoms with van der Waals surface area (Å²) < 4.78 is 40.0. The minimum Gasteiger partial charge on any atom is -0.355 e. The molecule has 1 aliphatic rings. The first-order valence-corrected chi connectivity index (χ1v) is 12.2. The maximum Gasteiger partial charge on any atom is 0.418 e. The molecule has 0 unspecified atom stereocenters. The predicted octanol–water partition coefficient (Wildman–Crippen LogP) is 6.59. The molecule has 2 aromatic heterocycles. The van der Waals surface area contributed by atoms with Gasteiger partial charge in [-0.1, -0.05) is 18.2 Å². The fraction of sp³-hybridized carbons (Fsp3) is 0.464. The molecule has 1 N–H and O–H groups in total. The number of aryl methyl sites for hydroxylation is 2. The van der Waals surface area contributed by atoms with Gasteiger partial charge in [-0.25, -0.2) is 0 Å². The van der Waals surface area contributed by atoms with Crippen LogP contribution in [0.5, 0.6) is 0 Å². The van der Waals surface area contributed by atoms with Crippen LogP contribution >= 0.6 is 0 Å². The van der Waals surface area contributed by atoms with Gasteiger partial charge in [0.2, 0.25) is 0 Å². The highest BCUT2D eigenvalue weighted by molar-refractivity contribution is 5.72. The van der Waals surface area contributed by atoms with Gasteiger partial charge in [0.1, 0.15) is 0 Å². The third kappa shape index (κ3) is 5.53. The van der Waals surface area contributed by atoms with Gasteiger partial charge in [-0.2, -0.15) is 13.2 Å². The second kappa shape index (κ2) is 9.14. The number of piperidine rings is 1. The van der Waals surface area contributed by atoms with Crippen LogP contribution in [0.1, 0.15) is 57.4 Å². The number of hydrogen-bond acceptors (Lipinski definition) is 5. The lowest BCUT2D eigenvalue weighted by atomic mass is 9.79. The number of alkyl halides is 3. The Hall–Kier alpha value is -3.00. The summed E-state index contributed by atoms with van der Waals surface area (Å²) in [6.07, 6.45) is -0.958. The van der Waals surface area contributed by atoms with Crippen molar-refractivity contribution in [3.63, 3.8) is 0 Å². The van der Waals surface area contributed by atoms with E-state index < -0.39 is 11.7 Å². The summed E-state index contributed by atoms with van der Waals surface area (Å²) in [5, 5.41) is 12.7. The molecule has 1 saturated heterocycles. The quantitative estimate of drug-likeness (QED) is 0.441. The number of nitrogens with one attached hydrogen (secondary N) is 1. The lowest BCUT2D eigenvalue weighted by Crippen LogP contribution is -2.62. The van der Waals surface area contributed by atoms with Crippen LogP contribution in [-0.4, -0.2) is 39.3 Å². The van der Waals surface area contributed by atoms with Crippen molar-refractivity contribution < 1.29 is 13.2 Å². The molecule has 192 valence electrons. The van der Waals surface area contributed by atoms with Crippen LogP contribution in [-0.2, 0) is 6.18 Å². The fourth-order valence-electron chi connectivity index (χ4n) is 5.49. The monoisotopic (exact) mass is 497 g/mol. The molecule has 5 nitrogen and oxygen atoms in total. The van der Waals surface area contributed by atoms with Gasteiger partial charge in [-0.3, -0.25) is 4.98 Å². The van der Waals surface area contributed by atoms with Gasteiger partial charge in [0.25, 0.3) is 0 Å². The molecule has 0 bridgehead atoms. The molecule has 0 spiro atoms. The number of rotatable bonds is 4. The third-order valence-corrected chi connectivity index (χ3v) is 6.96. The molecule has 0 atom stereocenters. The average Bonchev–Trinajstić information content (AvgIpc) is 2.76. The van der Waals surface area contributed by atoms with Gasteiger partial charge >= 0.3 is 6.18 Å². The number of anilines is 1. The smallest absolute Gasteiger partial charge is 0.355 e. The van der Waals surface area contributed by atoms with Crippen molar-refractivity contribution in [2.75, 3.05) is 11.9 Å². The molecule has 3 aromatic rings. The van der Waals surface area contributed by atoms with E-state index in [-0.39, 0.29) is 16.8 Å². The number of pyridine rings is 1. The Bertz CT molecular complexity index is 1230. The lowest BCUT2D eigenvalue weighted by Gasteiger charge is -2.49. The molecule has 0 amide bonds. The minimum absolute atomic E-state index is 0.0285. The first-order valence-electron chi connectivity index (χ1n) is 12.2. The molecular formula is C28H34F3N5. The zero-order valence-electron chi connectivity index (χ0n) is 22.0. The molecule has 4 rings (SSSR count). The lowest BCUT2D eigenvalue weighted by molar-refractivity contribution is -0.138. The van der Waals surface area contributed by atoms with Crippen molar-refractivity contribution >= 4 is 5.82 Å². The van der Waals surface area contributed by atoms with Crippen LogP contribution in [0.2, 0.25) is 0 Å². The van der Waals surface area contributed by atoms with Crippen molar-refractivity contribution in [3.8, 4) is 22.4 Å². The number of halogens is 3. The zero-order chi connectivity index (χ0) is 26.5. The molecule has 3 heterocycles. The zero-order valence-corrected chi connectivity index (χ0v) is 22.0. The van der Waals surface area contributed by atoms with Crippen molar-refractivity contribution in [3.05, 3.63) is 59.4 Å². The van der Waals surface area contributed by atoms with Gasteiger partial charge in [-0.15, -0.1) is 10.2 Å². The summed E-state index contributed by atoms with van der Waals surface area (Å²) in [4.78, 5) is 6.17.